The average Bonchev–Trinajstić information content (AvgIpc) is 2.48. The van der Waals surface area contributed by atoms with Gasteiger partial charge in [-0.2, -0.15) is 0 Å². The van der Waals surface area contributed by atoms with Crippen molar-refractivity contribution in [3.63, 3.8) is 0 Å². The van der Waals surface area contributed by atoms with Gasteiger partial charge >= 0.3 is 18.6 Å². The van der Waals surface area contributed by atoms with E-state index in [1.54, 1.807) is 36.4 Å². The molecule has 2 rings (SSSR count). The van der Waals surface area contributed by atoms with Crippen LogP contribution in [0.4, 0.5) is 34.3 Å². The lowest BCUT2D eigenvalue weighted by molar-refractivity contribution is -0.0000107. The minimum absolute atomic E-state index is 0. The van der Waals surface area contributed by atoms with E-state index in [0.717, 1.165) is 4.47 Å². The van der Waals surface area contributed by atoms with Crippen LogP contribution in [0.15, 0.2) is 53.0 Å². The summed E-state index contributed by atoms with van der Waals surface area (Å²) >= 11 is 3.25. The molecule has 0 aliphatic heterocycles. The maximum Gasteiger partial charge on any atom is 0.673 e. The molecule has 5 nitrogen and oxygen atoms in total. The zero-order valence-electron chi connectivity index (χ0n) is 11.8. The highest BCUT2D eigenvalue weighted by atomic mass is 79.9. The molecule has 2 N–H and O–H groups in total. The Hall–Kier alpha value is -2.37. The molecule has 0 saturated carbocycles. The SMILES string of the molecule is F[B-](F)(F)F.N#[N+]c1ccc(Br)cc1.N#[N+]c1ccc(N)cc1.[Cl-]. The summed E-state index contributed by atoms with van der Waals surface area (Å²) in [4.78, 5) is 5.95. The molecule has 2 aromatic rings. The van der Waals surface area contributed by atoms with Crippen LogP contribution in [0.25, 0.3) is 9.95 Å². The summed E-state index contributed by atoms with van der Waals surface area (Å²) in [6, 6.07) is 13.7. The lowest BCUT2D eigenvalue weighted by atomic mass is 10.3. The van der Waals surface area contributed by atoms with Gasteiger partial charge in [-0.15, -0.1) is 0 Å². The van der Waals surface area contributed by atoms with Crippen LogP contribution < -0.4 is 18.1 Å². The number of hydrogen-bond acceptors (Lipinski definition) is 3. The van der Waals surface area contributed by atoms with Gasteiger partial charge in [0.25, 0.3) is 0 Å². The third-order valence-corrected chi connectivity index (χ3v) is 2.48. The molecule has 0 aliphatic carbocycles. The van der Waals surface area contributed by atoms with Crippen LogP contribution in [0.5, 0.6) is 0 Å². The Labute approximate surface area is 149 Å². The highest BCUT2D eigenvalue weighted by Gasteiger charge is 2.20. The summed E-state index contributed by atoms with van der Waals surface area (Å²) in [7, 11) is -6.00. The zero-order chi connectivity index (χ0) is 17.9. The number of nitrogens with two attached hydrogens (primary N) is 1. The second kappa shape index (κ2) is 12.1. The van der Waals surface area contributed by atoms with Crippen molar-refractivity contribution in [2.45, 2.75) is 0 Å². The molecule has 0 atom stereocenters. The summed E-state index contributed by atoms with van der Waals surface area (Å²) in [5.41, 5.74) is 7.11. The fourth-order valence-electron chi connectivity index (χ4n) is 1.05. The normalized spacial score (nSPS) is 8.79. The van der Waals surface area contributed by atoms with Crippen LogP contribution in [0.3, 0.4) is 0 Å². The molecule has 2 aromatic carbocycles. The minimum atomic E-state index is -6.00. The number of nitrogen functional groups attached to an aromatic ring is 1. The molecule has 12 heteroatoms. The molecule has 0 amide bonds. The maximum atomic E-state index is 9.75. The third kappa shape index (κ3) is 14.6. The van der Waals surface area contributed by atoms with E-state index in [4.69, 9.17) is 16.5 Å². The topological polar surface area (TPSA) is 82.3 Å². The van der Waals surface area contributed by atoms with Crippen molar-refractivity contribution in [3.8, 4) is 0 Å². The number of benzene rings is 2. The molecule has 0 spiro atoms. The lowest BCUT2D eigenvalue weighted by Crippen LogP contribution is -3.00. The zero-order valence-corrected chi connectivity index (χ0v) is 14.2. The first-order valence-electron chi connectivity index (χ1n) is 5.84. The summed E-state index contributed by atoms with van der Waals surface area (Å²) in [6.45, 7) is 0. The van der Waals surface area contributed by atoms with Gasteiger partial charge in [0.2, 0.25) is 10.8 Å². The molecule has 0 aromatic heterocycles. The Morgan fingerprint density at radius 2 is 1.08 bits per heavy atom. The fourth-order valence-corrected chi connectivity index (χ4v) is 1.31. The van der Waals surface area contributed by atoms with E-state index in [0.29, 0.717) is 17.1 Å². The smallest absolute Gasteiger partial charge is 0.673 e. The summed E-state index contributed by atoms with van der Waals surface area (Å²) in [6.07, 6.45) is 0. The maximum absolute atomic E-state index is 9.75. The first-order valence-corrected chi connectivity index (χ1v) is 6.63. The number of nitrogens with zero attached hydrogens (tertiary/aromatic N) is 4. The van der Waals surface area contributed by atoms with Crippen LogP contribution >= 0.6 is 15.9 Å². The molecular weight excluding hydrogens is 416 g/mol. The van der Waals surface area contributed by atoms with Crippen LogP contribution in [0, 0.1) is 10.8 Å². The van der Waals surface area contributed by atoms with Crippen molar-refractivity contribution in [1.29, 1.82) is 10.8 Å². The van der Waals surface area contributed by atoms with Gasteiger partial charge in [-0.3, -0.25) is 0 Å². The van der Waals surface area contributed by atoms with Gasteiger partial charge < -0.3 is 35.4 Å². The minimum Gasteiger partial charge on any atom is -1.00 e. The van der Waals surface area contributed by atoms with Crippen molar-refractivity contribution in [1.82, 2.24) is 0 Å². The second-order valence-corrected chi connectivity index (χ2v) is 4.68. The van der Waals surface area contributed by atoms with Crippen LogP contribution in [0.1, 0.15) is 0 Å². The molecule has 24 heavy (non-hydrogen) atoms. The van der Waals surface area contributed by atoms with Crippen LogP contribution in [-0.4, -0.2) is 7.25 Å². The van der Waals surface area contributed by atoms with Crippen molar-refractivity contribution in [2.24, 2.45) is 0 Å². The predicted molar refractivity (Wildman–Crippen MR) is 84.7 cm³/mol. The Balaban J connectivity index is 0. The summed E-state index contributed by atoms with van der Waals surface area (Å²) in [5.74, 6) is 0. The van der Waals surface area contributed by atoms with E-state index in [1.807, 2.05) is 12.1 Å². The monoisotopic (exact) mass is 425 g/mol. The van der Waals surface area contributed by atoms with Gasteiger partial charge in [0, 0.05) is 34.4 Å². The van der Waals surface area contributed by atoms with Crippen LogP contribution in [0.2, 0.25) is 0 Å². The van der Waals surface area contributed by atoms with Crippen molar-refractivity contribution >= 4 is 40.2 Å². The number of diazo groups is 2. The summed E-state index contributed by atoms with van der Waals surface area (Å²) < 4.78 is 40.0. The highest BCUT2D eigenvalue weighted by Crippen LogP contribution is 2.15. The van der Waals surface area contributed by atoms with Crippen molar-refractivity contribution in [3.05, 3.63) is 63.0 Å². The van der Waals surface area contributed by atoms with E-state index >= 15 is 0 Å². The number of halogens is 6. The standard InChI is InChI=1S/C6H4BrN2.C6H6N3.BF4.ClH/c2*7-5-1-3-6(9-8)4-2-5;2-1(3,4)5;/h1-4H;1-4H,7H2;;1H/q2*+1;-1;/p-1. The van der Waals surface area contributed by atoms with E-state index in [2.05, 4.69) is 25.9 Å². The van der Waals surface area contributed by atoms with Gasteiger partial charge in [0.05, 0.1) is 0 Å². The quantitative estimate of drug-likeness (QED) is 0.304. The number of anilines is 1. The Bertz CT molecular complexity index is 622. The molecule has 0 radical (unpaired) electrons. The Morgan fingerprint density at radius 3 is 1.38 bits per heavy atom. The van der Waals surface area contributed by atoms with Gasteiger partial charge in [-0.1, -0.05) is 15.9 Å². The van der Waals surface area contributed by atoms with E-state index in [9.17, 15) is 17.3 Å². The van der Waals surface area contributed by atoms with Gasteiger partial charge in [-0.05, 0) is 24.3 Å². The lowest BCUT2D eigenvalue weighted by Gasteiger charge is -1.94. The highest BCUT2D eigenvalue weighted by molar-refractivity contribution is 9.10. The van der Waals surface area contributed by atoms with Crippen molar-refractivity contribution in [2.75, 3.05) is 5.73 Å². The largest absolute Gasteiger partial charge is 1.00 e. The average molecular weight is 426 g/mol. The number of hydrogen-bond donors (Lipinski definition) is 1. The molecule has 0 saturated heterocycles. The second-order valence-electron chi connectivity index (χ2n) is 3.76. The molecule has 0 fully saturated rings. The molecular formula is C12H10BBrClF4N5. The first-order chi connectivity index (χ1) is 10.7. The molecule has 0 bridgehead atoms. The Morgan fingerprint density at radius 1 is 0.792 bits per heavy atom. The molecule has 0 aliphatic rings. The number of rotatable bonds is 0. The third-order valence-electron chi connectivity index (χ3n) is 1.95. The predicted octanol–water partition coefficient (Wildman–Crippen LogP) is 2.99. The summed E-state index contributed by atoms with van der Waals surface area (Å²) in [5, 5.41) is 16.5. The van der Waals surface area contributed by atoms with Gasteiger partial charge in [-0.25, -0.2) is 0 Å². The first kappa shape index (κ1) is 23.9. The van der Waals surface area contributed by atoms with Crippen molar-refractivity contribution < 1.29 is 29.7 Å². The molecule has 0 heterocycles. The van der Waals surface area contributed by atoms with E-state index in [-0.39, 0.29) is 12.4 Å². The van der Waals surface area contributed by atoms with Gasteiger partial charge in [0.1, 0.15) is 0 Å². The van der Waals surface area contributed by atoms with Crippen LogP contribution in [-0.2, 0) is 0 Å². The molecule has 128 valence electrons. The van der Waals surface area contributed by atoms with E-state index < -0.39 is 7.25 Å². The fraction of sp³-hybridized carbons (Fsp3) is 0. The van der Waals surface area contributed by atoms with Gasteiger partial charge in [0.15, 0.2) is 9.95 Å². The molecule has 0 unspecified atom stereocenters. The Kier molecular flexibility index (Phi) is 12.1. The van der Waals surface area contributed by atoms with E-state index in [1.165, 1.54) is 0 Å².